The topological polar surface area (TPSA) is 173 Å². The zero-order valence-electron chi connectivity index (χ0n) is 23.0. The highest BCUT2D eigenvalue weighted by Crippen LogP contribution is 2.41. The summed E-state index contributed by atoms with van der Waals surface area (Å²) in [6, 6.07) is 11.7. The number of rotatable bonds is 13. The number of benzene rings is 2. The van der Waals surface area contributed by atoms with Crippen LogP contribution in [0.5, 0.6) is 0 Å². The van der Waals surface area contributed by atoms with Crippen LogP contribution in [0, 0.1) is 0 Å². The highest BCUT2D eigenvalue weighted by molar-refractivity contribution is 5.84. The number of aliphatic hydroxyl groups is 1. The largest absolute Gasteiger partial charge is 0.417 e. The highest BCUT2D eigenvalue weighted by Gasteiger charge is 2.37. The number of nitrogens with one attached hydrogen (secondary N) is 2. The van der Waals surface area contributed by atoms with Crippen molar-refractivity contribution in [2.45, 2.75) is 45.0 Å². The molecule has 0 spiro atoms. The third-order valence-corrected chi connectivity index (χ3v) is 6.80. The van der Waals surface area contributed by atoms with Crippen LogP contribution in [0.1, 0.15) is 41.5 Å². The SMILES string of the molecule is NCCCCc1cc(CO)c(C(F)(F)F)c(-c2cc3cn(-c4ccc(CNCCCN=C(N)N)cc4)c(=O)nc3[nH]2)c1. The number of fused-ring (bicyclic) bond motifs is 1. The molecular formula is C29H35F3N8O2. The number of unbranched alkanes of at least 4 members (excludes halogenated alkanes) is 1. The number of hydrogen-bond acceptors (Lipinski definition) is 6. The molecule has 0 aliphatic carbocycles. The molecule has 13 heteroatoms. The van der Waals surface area contributed by atoms with Gasteiger partial charge in [0.2, 0.25) is 0 Å². The zero-order valence-corrected chi connectivity index (χ0v) is 23.0. The second-order valence-electron chi connectivity index (χ2n) is 9.96. The average Bonchev–Trinajstić information content (AvgIpc) is 3.36. The molecule has 10 nitrogen and oxygen atoms in total. The number of nitrogens with zero attached hydrogens (tertiary/aromatic N) is 3. The normalized spacial score (nSPS) is 11.7. The first-order chi connectivity index (χ1) is 20.1. The molecule has 42 heavy (non-hydrogen) atoms. The lowest BCUT2D eigenvalue weighted by Gasteiger charge is -2.18. The van der Waals surface area contributed by atoms with Gasteiger partial charge in [-0.15, -0.1) is 0 Å². The van der Waals surface area contributed by atoms with Gasteiger partial charge in [0.1, 0.15) is 5.65 Å². The van der Waals surface area contributed by atoms with Crippen molar-refractivity contribution in [1.82, 2.24) is 19.9 Å². The lowest BCUT2D eigenvalue weighted by atomic mass is 9.93. The number of alkyl halides is 3. The minimum Gasteiger partial charge on any atom is -0.392 e. The van der Waals surface area contributed by atoms with Gasteiger partial charge in [0, 0.05) is 35.9 Å². The molecule has 2 heterocycles. The van der Waals surface area contributed by atoms with Crippen molar-refractivity contribution in [3.63, 3.8) is 0 Å². The van der Waals surface area contributed by atoms with Crippen molar-refractivity contribution >= 4 is 17.0 Å². The number of aryl methyl sites for hydroxylation is 1. The number of aliphatic hydroxyl groups excluding tert-OH is 1. The Balaban J connectivity index is 1.61. The van der Waals surface area contributed by atoms with Gasteiger partial charge in [0.25, 0.3) is 0 Å². The molecule has 224 valence electrons. The molecular weight excluding hydrogens is 549 g/mol. The Kier molecular flexibility index (Phi) is 9.99. The second-order valence-corrected chi connectivity index (χ2v) is 9.96. The number of guanidine groups is 1. The summed E-state index contributed by atoms with van der Waals surface area (Å²) < 4.78 is 43.9. The molecule has 9 N–H and O–H groups in total. The fraction of sp³-hybridized carbons (Fsp3) is 0.345. The van der Waals surface area contributed by atoms with Crippen LogP contribution in [0.25, 0.3) is 28.0 Å². The summed E-state index contributed by atoms with van der Waals surface area (Å²) in [5, 5.41) is 13.6. The van der Waals surface area contributed by atoms with Crippen molar-refractivity contribution in [3.8, 4) is 16.9 Å². The van der Waals surface area contributed by atoms with E-state index in [4.69, 9.17) is 17.2 Å². The molecule has 0 saturated heterocycles. The Morgan fingerprint density at radius 3 is 2.50 bits per heavy atom. The number of aromatic nitrogens is 3. The molecule has 4 rings (SSSR count). The summed E-state index contributed by atoms with van der Waals surface area (Å²) in [4.78, 5) is 23.8. The number of aliphatic imine (C=N–C) groups is 1. The van der Waals surface area contributed by atoms with Crippen molar-refractivity contribution < 1.29 is 18.3 Å². The average molecular weight is 585 g/mol. The van der Waals surface area contributed by atoms with Crippen LogP contribution in [0.4, 0.5) is 13.2 Å². The van der Waals surface area contributed by atoms with Gasteiger partial charge < -0.3 is 32.6 Å². The van der Waals surface area contributed by atoms with E-state index in [1.165, 1.54) is 22.8 Å². The molecule has 0 radical (unpaired) electrons. The lowest BCUT2D eigenvalue weighted by Crippen LogP contribution is -2.23. The van der Waals surface area contributed by atoms with Crippen LogP contribution in [-0.2, 0) is 25.7 Å². The Morgan fingerprint density at radius 1 is 1.07 bits per heavy atom. The second kappa shape index (κ2) is 13.6. The Bertz CT molecular complexity index is 1590. The van der Waals surface area contributed by atoms with Gasteiger partial charge in [0.15, 0.2) is 5.96 Å². The maximum Gasteiger partial charge on any atom is 0.417 e. The van der Waals surface area contributed by atoms with E-state index in [0.717, 1.165) is 24.9 Å². The number of halogens is 3. The van der Waals surface area contributed by atoms with E-state index in [9.17, 15) is 23.1 Å². The summed E-state index contributed by atoms with van der Waals surface area (Å²) in [5.41, 5.74) is 16.9. The van der Waals surface area contributed by atoms with Gasteiger partial charge in [0.05, 0.1) is 17.9 Å². The molecule has 0 aliphatic heterocycles. The monoisotopic (exact) mass is 584 g/mol. The fourth-order valence-corrected chi connectivity index (χ4v) is 4.80. The summed E-state index contributed by atoms with van der Waals surface area (Å²) in [5.74, 6) is 0.0644. The smallest absolute Gasteiger partial charge is 0.392 e. The first-order valence-electron chi connectivity index (χ1n) is 13.6. The molecule has 4 aromatic rings. The molecule has 0 amide bonds. The standard InChI is InChI=1S/C29H35F3N8O2/c30-29(31,32)25-21(17-41)12-19(4-1-2-9-33)13-23(25)24-14-20-16-40(28(42)39-26(20)38-24)22-7-5-18(6-8-22)15-36-10-3-11-37-27(34)35/h5-8,12-14,16,36,41H,1-4,9-11,15,17,33H2,(H4,34,35,37)(H,38,39,42). The van der Waals surface area contributed by atoms with Crippen LogP contribution in [0.2, 0.25) is 0 Å². The van der Waals surface area contributed by atoms with E-state index in [2.05, 4.69) is 20.3 Å². The van der Waals surface area contributed by atoms with E-state index < -0.39 is 24.0 Å². The number of nitrogens with two attached hydrogens (primary N) is 3. The Hall–Kier alpha value is -4.20. The Morgan fingerprint density at radius 2 is 1.83 bits per heavy atom. The van der Waals surface area contributed by atoms with E-state index in [1.807, 2.05) is 12.1 Å². The van der Waals surface area contributed by atoms with E-state index >= 15 is 0 Å². The first-order valence-corrected chi connectivity index (χ1v) is 13.6. The van der Waals surface area contributed by atoms with Gasteiger partial charge >= 0.3 is 11.9 Å². The van der Waals surface area contributed by atoms with Crippen LogP contribution < -0.4 is 28.2 Å². The van der Waals surface area contributed by atoms with Crippen molar-refractivity contribution in [2.75, 3.05) is 19.6 Å². The number of H-pyrrole nitrogens is 1. The first kappa shape index (κ1) is 30.8. The van der Waals surface area contributed by atoms with Gasteiger partial charge in [-0.1, -0.05) is 18.2 Å². The summed E-state index contributed by atoms with van der Waals surface area (Å²) >= 11 is 0. The van der Waals surface area contributed by atoms with Crippen LogP contribution in [0.3, 0.4) is 0 Å². The minimum atomic E-state index is -4.71. The molecule has 2 aromatic heterocycles. The molecule has 0 bridgehead atoms. The molecule has 0 aliphatic rings. The van der Waals surface area contributed by atoms with Crippen LogP contribution in [-0.4, -0.2) is 45.2 Å². The third kappa shape index (κ3) is 7.55. The molecule has 0 atom stereocenters. The predicted molar refractivity (Wildman–Crippen MR) is 157 cm³/mol. The number of aromatic amines is 1. The molecule has 0 saturated carbocycles. The van der Waals surface area contributed by atoms with E-state index in [1.54, 1.807) is 18.3 Å². The van der Waals surface area contributed by atoms with Crippen LogP contribution in [0.15, 0.2) is 58.4 Å². The van der Waals surface area contributed by atoms with Gasteiger partial charge in [-0.25, -0.2) is 4.79 Å². The molecule has 0 fully saturated rings. The zero-order chi connectivity index (χ0) is 30.3. The van der Waals surface area contributed by atoms with Gasteiger partial charge in [-0.05, 0) is 79.7 Å². The van der Waals surface area contributed by atoms with Gasteiger partial charge in [-0.2, -0.15) is 18.2 Å². The minimum absolute atomic E-state index is 0.0644. The fourth-order valence-electron chi connectivity index (χ4n) is 4.80. The lowest BCUT2D eigenvalue weighted by molar-refractivity contribution is -0.138. The highest BCUT2D eigenvalue weighted by atomic mass is 19.4. The van der Waals surface area contributed by atoms with Gasteiger partial charge in [-0.3, -0.25) is 9.56 Å². The van der Waals surface area contributed by atoms with Crippen molar-refractivity contribution in [3.05, 3.63) is 81.4 Å². The number of hydrogen-bond donors (Lipinski definition) is 6. The maximum atomic E-state index is 14.2. The van der Waals surface area contributed by atoms with Crippen molar-refractivity contribution in [2.24, 2.45) is 22.2 Å². The summed E-state index contributed by atoms with van der Waals surface area (Å²) in [6.07, 6.45) is -0.435. The Labute approximate surface area is 240 Å². The molecule has 2 aromatic carbocycles. The maximum absolute atomic E-state index is 14.2. The molecule has 0 unspecified atom stereocenters. The van der Waals surface area contributed by atoms with Crippen LogP contribution >= 0.6 is 0 Å². The quantitative estimate of drug-likeness (QED) is 0.0796. The van der Waals surface area contributed by atoms with E-state index in [0.29, 0.717) is 49.1 Å². The van der Waals surface area contributed by atoms with E-state index in [-0.39, 0.29) is 28.4 Å². The summed E-state index contributed by atoms with van der Waals surface area (Å²) in [7, 11) is 0. The van der Waals surface area contributed by atoms with Crippen molar-refractivity contribution in [1.29, 1.82) is 0 Å². The summed E-state index contributed by atoms with van der Waals surface area (Å²) in [6.45, 7) is 1.58. The third-order valence-electron chi connectivity index (χ3n) is 6.80. The predicted octanol–water partition coefficient (Wildman–Crippen LogP) is 2.93.